The molecular weight excluding hydrogens is 190 g/mol. The zero-order chi connectivity index (χ0) is 10.8. The summed E-state index contributed by atoms with van der Waals surface area (Å²) in [6.45, 7) is 0. The molecule has 0 spiro atoms. The standard InChI is InChI=1S/C11H17N3O/c1-15-11-9(13)6-8(12)10(14-11)7-4-2-3-5-7/h6-7H,2-5,12-13H2,1H3. The Morgan fingerprint density at radius 2 is 1.93 bits per heavy atom. The monoisotopic (exact) mass is 207 g/mol. The highest BCUT2D eigenvalue weighted by atomic mass is 16.5. The second-order valence-corrected chi connectivity index (χ2v) is 4.04. The van der Waals surface area contributed by atoms with Gasteiger partial charge in [0.1, 0.15) is 0 Å². The number of hydrogen-bond donors (Lipinski definition) is 2. The Morgan fingerprint density at radius 1 is 1.27 bits per heavy atom. The molecule has 4 nitrogen and oxygen atoms in total. The first-order valence-electron chi connectivity index (χ1n) is 5.32. The Morgan fingerprint density at radius 3 is 2.53 bits per heavy atom. The summed E-state index contributed by atoms with van der Waals surface area (Å²) in [6, 6.07) is 1.75. The van der Waals surface area contributed by atoms with E-state index in [2.05, 4.69) is 4.98 Å². The predicted molar refractivity (Wildman–Crippen MR) is 60.8 cm³/mol. The number of pyridine rings is 1. The summed E-state index contributed by atoms with van der Waals surface area (Å²) in [5.41, 5.74) is 13.8. The molecule has 15 heavy (non-hydrogen) atoms. The molecule has 4 heteroatoms. The molecule has 0 saturated heterocycles. The Hall–Kier alpha value is -1.45. The van der Waals surface area contributed by atoms with E-state index in [1.165, 1.54) is 25.7 Å². The van der Waals surface area contributed by atoms with Gasteiger partial charge >= 0.3 is 0 Å². The summed E-state index contributed by atoms with van der Waals surface area (Å²) in [6.07, 6.45) is 4.87. The minimum atomic E-state index is 0.486. The van der Waals surface area contributed by atoms with E-state index < -0.39 is 0 Å². The number of hydrogen-bond acceptors (Lipinski definition) is 4. The Kier molecular flexibility index (Phi) is 2.66. The third-order valence-electron chi connectivity index (χ3n) is 3.01. The van der Waals surface area contributed by atoms with Crippen LogP contribution in [0.15, 0.2) is 6.07 Å². The summed E-state index contributed by atoms with van der Waals surface area (Å²) in [4.78, 5) is 4.40. The maximum Gasteiger partial charge on any atom is 0.237 e. The molecule has 82 valence electrons. The van der Waals surface area contributed by atoms with E-state index in [-0.39, 0.29) is 0 Å². The maximum atomic E-state index is 5.93. The van der Waals surface area contributed by atoms with Gasteiger partial charge in [-0.15, -0.1) is 0 Å². The molecule has 0 bridgehead atoms. The van der Waals surface area contributed by atoms with Gasteiger partial charge in [-0.05, 0) is 18.9 Å². The molecule has 1 heterocycles. The number of anilines is 2. The topological polar surface area (TPSA) is 74.2 Å². The molecule has 0 atom stereocenters. The molecule has 0 aromatic carbocycles. The highest BCUT2D eigenvalue weighted by Gasteiger charge is 2.22. The summed E-state index contributed by atoms with van der Waals surface area (Å²) < 4.78 is 5.11. The van der Waals surface area contributed by atoms with Crippen LogP contribution in [0.5, 0.6) is 5.88 Å². The summed E-state index contributed by atoms with van der Waals surface area (Å²) in [5.74, 6) is 0.977. The molecule has 4 N–H and O–H groups in total. The lowest BCUT2D eigenvalue weighted by atomic mass is 10.0. The van der Waals surface area contributed by atoms with Crippen molar-refractivity contribution >= 4 is 11.4 Å². The fourth-order valence-corrected chi connectivity index (χ4v) is 2.23. The normalized spacial score (nSPS) is 16.9. The van der Waals surface area contributed by atoms with Crippen molar-refractivity contribution < 1.29 is 4.74 Å². The van der Waals surface area contributed by atoms with Gasteiger partial charge in [-0.25, -0.2) is 4.98 Å². The molecule has 0 unspecified atom stereocenters. The lowest BCUT2D eigenvalue weighted by Crippen LogP contribution is -2.06. The van der Waals surface area contributed by atoms with E-state index in [0.717, 1.165) is 5.69 Å². The van der Waals surface area contributed by atoms with Crippen molar-refractivity contribution in [2.24, 2.45) is 0 Å². The molecule has 1 fully saturated rings. The Labute approximate surface area is 89.6 Å². The molecule has 1 aliphatic rings. The molecule has 1 aliphatic carbocycles. The van der Waals surface area contributed by atoms with E-state index in [1.54, 1.807) is 13.2 Å². The molecule has 0 radical (unpaired) electrons. The zero-order valence-electron chi connectivity index (χ0n) is 8.99. The van der Waals surface area contributed by atoms with E-state index in [0.29, 0.717) is 23.2 Å². The quantitative estimate of drug-likeness (QED) is 0.776. The molecule has 1 aromatic rings. The summed E-state index contributed by atoms with van der Waals surface area (Å²) in [7, 11) is 1.58. The number of ether oxygens (including phenoxy) is 1. The van der Waals surface area contributed by atoms with E-state index in [9.17, 15) is 0 Å². The van der Waals surface area contributed by atoms with Crippen molar-refractivity contribution in [1.29, 1.82) is 0 Å². The van der Waals surface area contributed by atoms with Crippen molar-refractivity contribution in [1.82, 2.24) is 4.98 Å². The van der Waals surface area contributed by atoms with Gasteiger partial charge in [0.15, 0.2) is 0 Å². The average molecular weight is 207 g/mol. The smallest absolute Gasteiger partial charge is 0.237 e. The van der Waals surface area contributed by atoms with Crippen LogP contribution >= 0.6 is 0 Å². The van der Waals surface area contributed by atoms with Gasteiger partial charge in [0.25, 0.3) is 0 Å². The van der Waals surface area contributed by atoms with Crippen molar-refractivity contribution in [2.75, 3.05) is 18.6 Å². The van der Waals surface area contributed by atoms with Gasteiger partial charge in [0.2, 0.25) is 5.88 Å². The molecule has 1 saturated carbocycles. The zero-order valence-corrected chi connectivity index (χ0v) is 8.99. The number of methoxy groups -OCH3 is 1. The summed E-state index contributed by atoms with van der Waals surface area (Å²) >= 11 is 0. The van der Waals surface area contributed by atoms with E-state index in [1.807, 2.05) is 0 Å². The van der Waals surface area contributed by atoms with Gasteiger partial charge in [0.05, 0.1) is 24.2 Å². The van der Waals surface area contributed by atoms with Crippen molar-refractivity contribution in [3.8, 4) is 5.88 Å². The van der Waals surface area contributed by atoms with E-state index in [4.69, 9.17) is 16.2 Å². The second kappa shape index (κ2) is 3.96. The van der Waals surface area contributed by atoms with Gasteiger partial charge in [-0.2, -0.15) is 0 Å². The van der Waals surface area contributed by atoms with Gasteiger partial charge in [0, 0.05) is 5.92 Å². The Balaban J connectivity index is 2.37. The first-order valence-corrected chi connectivity index (χ1v) is 5.32. The fraction of sp³-hybridized carbons (Fsp3) is 0.545. The van der Waals surface area contributed by atoms with Crippen LogP contribution in [0.2, 0.25) is 0 Å². The van der Waals surface area contributed by atoms with Crippen LogP contribution in [0.1, 0.15) is 37.3 Å². The lowest BCUT2D eigenvalue weighted by Gasteiger charge is -2.14. The second-order valence-electron chi connectivity index (χ2n) is 4.04. The first-order chi connectivity index (χ1) is 7.22. The predicted octanol–water partition coefficient (Wildman–Crippen LogP) is 1.91. The first kappa shape index (κ1) is 10.1. The molecule has 1 aromatic heterocycles. The van der Waals surface area contributed by atoms with Gasteiger partial charge in [-0.1, -0.05) is 12.8 Å². The molecular formula is C11H17N3O. The Bertz CT molecular complexity index is 359. The number of nitrogen functional groups attached to an aromatic ring is 2. The van der Waals surface area contributed by atoms with Crippen LogP contribution in [0.3, 0.4) is 0 Å². The van der Waals surface area contributed by atoms with Crippen molar-refractivity contribution in [3.63, 3.8) is 0 Å². The summed E-state index contributed by atoms with van der Waals surface area (Å²) in [5, 5.41) is 0. The number of aromatic nitrogens is 1. The van der Waals surface area contributed by atoms with Crippen LogP contribution in [-0.2, 0) is 0 Å². The third kappa shape index (κ3) is 1.84. The van der Waals surface area contributed by atoms with Crippen LogP contribution in [0.25, 0.3) is 0 Å². The molecule has 0 amide bonds. The lowest BCUT2D eigenvalue weighted by molar-refractivity contribution is 0.397. The largest absolute Gasteiger partial charge is 0.480 e. The third-order valence-corrected chi connectivity index (χ3v) is 3.01. The maximum absolute atomic E-state index is 5.93. The number of rotatable bonds is 2. The highest BCUT2D eigenvalue weighted by molar-refractivity contribution is 5.60. The van der Waals surface area contributed by atoms with E-state index >= 15 is 0 Å². The average Bonchev–Trinajstić information content (AvgIpc) is 2.71. The number of nitrogens with two attached hydrogens (primary N) is 2. The van der Waals surface area contributed by atoms with Crippen LogP contribution < -0.4 is 16.2 Å². The SMILES string of the molecule is COc1nc(C2CCCC2)c(N)cc1N. The molecule has 2 rings (SSSR count). The van der Waals surface area contributed by atoms with Crippen LogP contribution in [-0.4, -0.2) is 12.1 Å². The number of nitrogens with zero attached hydrogens (tertiary/aromatic N) is 1. The minimum absolute atomic E-state index is 0.486. The van der Waals surface area contributed by atoms with Crippen molar-refractivity contribution in [3.05, 3.63) is 11.8 Å². The fourth-order valence-electron chi connectivity index (χ4n) is 2.23. The van der Waals surface area contributed by atoms with Crippen LogP contribution in [0.4, 0.5) is 11.4 Å². The van der Waals surface area contributed by atoms with Crippen molar-refractivity contribution in [2.45, 2.75) is 31.6 Å². The minimum Gasteiger partial charge on any atom is -0.480 e. The highest BCUT2D eigenvalue weighted by Crippen LogP contribution is 2.37. The van der Waals surface area contributed by atoms with Crippen LogP contribution in [0, 0.1) is 0 Å². The molecule has 0 aliphatic heterocycles. The van der Waals surface area contributed by atoms with Gasteiger partial charge < -0.3 is 16.2 Å². The van der Waals surface area contributed by atoms with Gasteiger partial charge in [-0.3, -0.25) is 0 Å².